The van der Waals surface area contributed by atoms with E-state index in [1.807, 2.05) is 43.0 Å². The van der Waals surface area contributed by atoms with Gasteiger partial charge in [0.05, 0.1) is 13.0 Å². The molecule has 2 atom stereocenters. The third-order valence-corrected chi connectivity index (χ3v) is 4.96. The molecular formula is C21H32N2O4. The minimum Gasteiger partial charge on any atom is -0.497 e. The van der Waals surface area contributed by atoms with E-state index in [-0.39, 0.29) is 23.7 Å². The first-order valence-electron chi connectivity index (χ1n) is 9.64. The van der Waals surface area contributed by atoms with Crippen LogP contribution in [0.5, 0.6) is 5.75 Å². The molecule has 1 aliphatic heterocycles. The molecule has 1 aliphatic rings. The predicted octanol–water partition coefficient (Wildman–Crippen LogP) is 2.44. The molecule has 0 bridgehead atoms. The summed E-state index contributed by atoms with van der Waals surface area (Å²) in [6.07, 6.45) is 1.29. The van der Waals surface area contributed by atoms with Gasteiger partial charge in [0, 0.05) is 45.7 Å². The molecule has 1 saturated heterocycles. The number of methoxy groups -OCH3 is 2. The van der Waals surface area contributed by atoms with Crippen LogP contribution in [0.4, 0.5) is 0 Å². The number of rotatable bonds is 9. The highest BCUT2D eigenvalue weighted by Gasteiger charge is 2.40. The van der Waals surface area contributed by atoms with Crippen molar-refractivity contribution in [3.8, 4) is 5.75 Å². The van der Waals surface area contributed by atoms with Gasteiger partial charge in [0.2, 0.25) is 11.8 Å². The molecule has 2 amide bonds. The largest absolute Gasteiger partial charge is 0.497 e. The second-order valence-electron chi connectivity index (χ2n) is 7.52. The maximum Gasteiger partial charge on any atom is 0.225 e. The summed E-state index contributed by atoms with van der Waals surface area (Å²) in [7, 11) is 3.28. The number of carbonyl (C=O) groups excluding carboxylic acids is 2. The van der Waals surface area contributed by atoms with Crippen molar-refractivity contribution in [3.63, 3.8) is 0 Å². The Hall–Kier alpha value is -2.08. The number of nitrogens with one attached hydrogen (secondary N) is 1. The minimum absolute atomic E-state index is 0.00514. The summed E-state index contributed by atoms with van der Waals surface area (Å²) >= 11 is 0. The Balaban J connectivity index is 2.12. The summed E-state index contributed by atoms with van der Waals surface area (Å²) in [5.74, 6) is 0.973. The third-order valence-electron chi connectivity index (χ3n) is 4.96. The molecule has 0 aromatic heterocycles. The molecule has 1 aromatic carbocycles. The number of amides is 2. The number of benzene rings is 1. The number of hydrogen-bond acceptors (Lipinski definition) is 4. The lowest BCUT2D eigenvalue weighted by atomic mass is 9.88. The number of hydrogen-bond donors (Lipinski definition) is 1. The van der Waals surface area contributed by atoms with Gasteiger partial charge in [-0.2, -0.15) is 0 Å². The average molecular weight is 376 g/mol. The van der Waals surface area contributed by atoms with Crippen LogP contribution in [-0.2, 0) is 14.3 Å². The van der Waals surface area contributed by atoms with Gasteiger partial charge < -0.3 is 19.7 Å². The van der Waals surface area contributed by atoms with Gasteiger partial charge in [0.1, 0.15) is 5.75 Å². The molecule has 6 heteroatoms. The van der Waals surface area contributed by atoms with Gasteiger partial charge in [-0.1, -0.05) is 26.0 Å². The van der Waals surface area contributed by atoms with Crippen LogP contribution in [0.1, 0.15) is 38.2 Å². The van der Waals surface area contributed by atoms with Crippen molar-refractivity contribution in [2.24, 2.45) is 11.8 Å². The Morgan fingerprint density at radius 1 is 1.19 bits per heavy atom. The Morgan fingerprint density at radius 2 is 1.89 bits per heavy atom. The lowest BCUT2D eigenvalue weighted by molar-refractivity contribution is -0.131. The average Bonchev–Trinajstić information content (AvgIpc) is 3.10. The topological polar surface area (TPSA) is 67.9 Å². The van der Waals surface area contributed by atoms with Crippen molar-refractivity contribution in [3.05, 3.63) is 29.8 Å². The maximum atomic E-state index is 12.8. The molecule has 6 nitrogen and oxygen atoms in total. The van der Waals surface area contributed by atoms with Crippen molar-refractivity contribution >= 4 is 11.8 Å². The molecule has 2 rings (SSSR count). The Bertz CT molecular complexity index is 615. The minimum atomic E-state index is -0.239. The van der Waals surface area contributed by atoms with Crippen molar-refractivity contribution in [2.75, 3.05) is 40.5 Å². The van der Waals surface area contributed by atoms with Gasteiger partial charge in [0.15, 0.2) is 0 Å². The Labute approximate surface area is 162 Å². The molecule has 1 fully saturated rings. The zero-order valence-electron chi connectivity index (χ0n) is 16.9. The van der Waals surface area contributed by atoms with Crippen LogP contribution in [0.25, 0.3) is 0 Å². The van der Waals surface area contributed by atoms with E-state index in [0.29, 0.717) is 38.6 Å². The van der Waals surface area contributed by atoms with Crippen molar-refractivity contribution in [1.29, 1.82) is 0 Å². The van der Waals surface area contributed by atoms with Gasteiger partial charge >= 0.3 is 0 Å². The van der Waals surface area contributed by atoms with E-state index in [9.17, 15) is 9.59 Å². The smallest absolute Gasteiger partial charge is 0.225 e. The molecule has 0 aliphatic carbocycles. The fourth-order valence-corrected chi connectivity index (χ4v) is 3.50. The van der Waals surface area contributed by atoms with Crippen LogP contribution in [0.2, 0.25) is 0 Å². The van der Waals surface area contributed by atoms with Crippen LogP contribution in [0.15, 0.2) is 24.3 Å². The monoisotopic (exact) mass is 376 g/mol. The van der Waals surface area contributed by atoms with Gasteiger partial charge in [0.25, 0.3) is 0 Å². The molecule has 0 radical (unpaired) electrons. The molecule has 0 spiro atoms. The fourth-order valence-electron chi connectivity index (χ4n) is 3.50. The summed E-state index contributed by atoms with van der Waals surface area (Å²) in [5, 5.41) is 3.00. The normalized spacial score (nSPS) is 19.4. The van der Waals surface area contributed by atoms with Crippen molar-refractivity contribution in [1.82, 2.24) is 10.2 Å². The quantitative estimate of drug-likeness (QED) is 0.672. The van der Waals surface area contributed by atoms with Crippen molar-refractivity contribution < 1.29 is 19.1 Å². The first kappa shape index (κ1) is 21.2. The van der Waals surface area contributed by atoms with Crippen LogP contribution < -0.4 is 10.1 Å². The van der Waals surface area contributed by atoms with Gasteiger partial charge in [-0.3, -0.25) is 9.59 Å². The highest BCUT2D eigenvalue weighted by Crippen LogP contribution is 2.34. The Kier molecular flexibility index (Phi) is 8.10. The lowest BCUT2D eigenvalue weighted by Crippen LogP contribution is -2.36. The van der Waals surface area contributed by atoms with Crippen LogP contribution in [0, 0.1) is 11.8 Å². The summed E-state index contributed by atoms with van der Waals surface area (Å²) < 4.78 is 10.3. The molecule has 150 valence electrons. The van der Waals surface area contributed by atoms with E-state index in [1.54, 1.807) is 14.2 Å². The summed E-state index contributed by atoms with van der Waals surface area (Å²) in [6, 6.07) is 7.79. The molecule has 1 aromatic rings. The molecule has 1 heterocycles. The first-order valence-corrected chi connectivity index (χ1v) is 9.64. The number of ether oxygens (including phenoxy) is 2. The highest BCUT2D eigenvalue weighted by molar-refractivity contribution is 5.83. The lowest BCUT2D eigenvalue weighted by Gasteiger charge is -2.18. The van der Waals surface area contributed by atoms with Gasteiger partial charge in [-0.05, 0) is 30.0 Å². The summed E-state index contributed by atoms with van der Waals surface area (Å²) in [4.78, 5) is 27.2. The molecule has 0 saturated carbocycles. The van der Waals surface area contributed by atoms with Crippen LogP contribution >= 0.6 is 0 Å². The van der Waals surface area contributed by atoms with Gasteiger partial charge in [-0.25, -0.2) is 0 Å². The third kappa shape index (κ3) is 5.96. The summed E-state index contributed by atoms with van der Waals surface area (Å²) in [5.41, 5.74) is 1.06. The van der Waals surface area contributed by atoms with E-state index in [0.717, 1.165) is 17.7 Å². The van der Waals surface area contributed by atoms with Gasteiger partial charge in [-0.15, -0.1) is 0 Å². The van der Waals surface area contributed by atoms with Crippen molar-refractivity contribution in [2.45, 2.75) is 32.6 Å². The van der Waals surface area contributed by atoms with E-state index in [4.69, 9.17) is 9.47 Å². The SMILES string of the molecule is COCCCNC(=O)[C@H]1CN(C(=O)CC(C)C)C[C@H]1c1ccc(OC)cc1. The summed E-state index contributed by atoms with van der Waals surface area (Å²) in [6.45, 7) is 6.32. The second-order valence-corrected chi connectivity index (χ2v) is 7.52. The zero-order valence-corrected chi connectivity index (χ0v) is 16.9. The predicted molar refractivity (Wildman–Crippen MR) is 105 cm³/mol. The van der Waals surface area contributed by atoms with Crippen LogP contribution in [0.3, 0.4) is 0 Å². The fraction of sp³-hybridized carbons (Fsp3) is 0.619. The molecule has 27 heavy (non-hydrogen) atoms. The van der Waals surface area contributed by atoms with E-state index in [1.165, 1.54) is 0 Å². The number of likely N-dealkylation sites (tertiary alicyclic amines) is 1. The number of nitrogens with zero attached hydrogens (tertiary/aromatic N) is 1. The van der Waals surface area contributed by atoms with E-state index >= 15 is 0 Å². The molecule has 1 N–H and O–H groups in total. The van der Waals surface area contributed by atoms with E-state index < -0.39 is 0 Å². The zero-order chi connectivity index (χ0) is 19.8. The van der Waals surface area contributed by atoms with Crippen LogP contribution in [-0.4, -0.2) is 57.2 Å². The molecule has 0 unspecified atom stereocenters. The molecular weight excluding hydrogens is 344 g/mol. The second kappa shape index (κ2) is 10.3. The highest BCUT2D eigenvalue weighted by atomic mass is 16.5. The van der Waals surface area contributed by atoms with E-state index in [2.05, 4.69) is 5.32 Å². The maximum absolute atomic E-state index is 12.8. The Morgan fingerprint density at radius 3 is 2.48 bits per heavy atom. The first-order chi connectivity index (χ1) is 13.0. The standard InChI is InChI=1S/C21H32N2O4/c1-15(2)12-20(24)23-13-18(16-6-8-17(27-4)9-7-16)19(14-23)21(25)22-10-5-11-26-3/h6-9,15,18-19H,5,10-14H2,1-4H3,(H,22,25)/t18-,19-/m0/s1. The number of carbonyl (C=O) groups is 2.